The molecule has 188 valence electrons. The van der Waals surface area contributed by atoms with Crippen molar-refractivity contribution in [1.29, 1.82) is 0 Å². The highest BCUT2D eigenvalue weighted by molar-refractivity contribution is 7.86. The van der Waals surface area contributed by atoms with E-state index in [1.165, 1.54) is 19.2 Å². The molecule has 0 aromatic heterocycles. The van der Waals surface area contributed by atoms with Gasteiger partial charge in [0.25, 0.3) is 10.1 Å². The first-order chi connectivity index (χ1) is 16.2. The number of ether oxygens (including phenoxy) is 1. The zero-order valence-corrected chi connectivity index (χ0v) is 19.3. The summed E-state index contributed by atoms with van der Waals surface area (Å²) in [4.78, 5) is 20.6. The Balaban J connectivity index is 0.000000267. The molecule has 0 atom stereocenters. The molecular formula is C21H26N6O7S. The molecule has 0 saturated carbocycles. The number of methoxy groups -OCH3 is 1. The van der Waals surface area contributed by atoms with Gasteiger partial charge in [0.15, 0.2) is 0 Å². The third kappa shape index (κ3) is 8.30. The van der Waals surface area contributed by atoms with E-state index in [4.69, 9.17) is 44.1 Å². The molecule has 35 heavy (non-hydrogen) atoms. The Morgan fingerprint density at radius 1 is 0.771 bits per heavy atom. The van der Waals surface area contributed by atoms with Crippen LogP contribution in [0.1, 0.15) is 20.7 Å². The first kappa shape index (κ1) is 28.3. The number of carboxylic acids is 1. The summed E-state index contributed by atoms with van der Waals surface area (Å²) < 4.78 is 34.8. The van der Waals surface area contributed by atoms with Crippen LogP contribution in [0.15, 0.2) is 59.5 Å². The monoisotopic (exact) mass is 506 g/mol. The predicted octanol–water partition coefficient (Wildman–Crippen LogP) is 1.28. The topological polar surface area (TPSA) is 274 Å². The normalized spacial score (nSPS) is 10.1. The summed E-state index contributed by atoms with van der Waals surface area (Å²) in [6, 6.07) is 13.8. The lowest BCUT2D eigenvalue weighted by molar-refractivity contribution is 0.0600. The van der Waals surface area contributed by atoms with E-state index in [9.17, 15) is 18.0 Å². The number of anilines is 6. The number of hydrogen-bond acceptors (Lipinski definition) is 11. The van der Waals surface area contributed by atoms with Gasteiger partial charge in [-0.05, 0) is 42.5 Å². The molecule has 0 aliphatic heterocycles. The average Bonchev–Trinajstić information content (AvgIpc) is 2.79. The summed E-state index contributed by atoms with van der Waals surface area (Å²) in [6.45, 7) is 0. The zero-order valence-electron chi connectivity index (χ0n) is 18.5. The molecule has 14 heteroatoms. The van der Waals surface area contributed by atoms with E-state index in [1.54, 1.807) is 36.4 Å². The standard InChI is InChI=1S/C8H9NO2.C7H7NO2.C6H10N4O3S/c1-11-8(10)6-3-2-4-7(9)5-6;8-6-3-1-2-5(4-6)7(9)10;7-2-1-3(14(11,12)13)5(9)6(10)4(2)8/h2-5H,9H2,1H3;1-4H,8H2,(H,9,10);1H,7-10H2,(H,11,12,13). The van der Waals surface area contributed by atoms with Crippen molar-refractivity contribution in [3.8, 4) is 0 Å². The third-order valence-electron chi connectivity index (χ3n) is 4.16. The molecule has 0 heterocycles. The van der Waals surface area contributed by atoms with Crippen molar-refractivity contribution < 1.29 is 32.4 Å². The second kappa shape index (κ2) is 12.0. The van der Waals surface area contributed by atoms with Crippen LogP contribution < -0.4 is 34.4 Å². The Morgan fingerprint density at radius 2 is 1.26 bits per heavy atom. The summed E-state index contributed by atoms with van der Waals surface area (Å²) in [5.74, 6) is -1.32. The lowest BCUT2D eigenvalue weighted by atomic mass is 10.2. The van der Waals surface area contributed by atoms with Crippen molar-refractivity contribution in [1.82, 2.24) is 0 Å². The van der Waals surface area contributed by atoms with Crippen LogP contribution in [0.4, 0.5) is 34.1 Å². The van der Waals surface area contributed by atoms with E-state index in [2.05, 4.69) is 4.74 Å². The van der Waals surface area contributed by atoms with Gasteiger partial charge in [0.1, 0.15) is 4.90 Å². The van der Waals surface area contributed by atoms with Gasteiger partial charge in [0.2, 0.25) is 0 Å². The number of nitrogen functional groups attached to an aromatic ring is 6. The van der Waals surface area contributed by atoms with Crippen LogP contribution in [-0.4, -0.2) is 37.1 Å². The van der Waals surface area contributed by atoms with Crippen molar-refractivity contribution in [2.45, 2.75) is 4.90 Å². The molecule has 0 amide bonds. The molecule has 3 aromatic carbocycles. The van der Waals surface area contributed by atoms with E-state index >= 15 is 0 Å². The van der Waals surface area contributed by atoms with E-state index in [-0.39, 0.29) is 34.3 Å². The largest absolute Gasteiger partial charge is 0.478 e. The number of benzene rings is 3. The van der Waals surface area contributed by atoms with Gasteiger partial charge < -0.3 is 44.2 Å². The predicted molar refractivity (Wildman–Crippen MR) is 134 cm³/mol. The quantitative estimate of drug-likeness (QED) is 0.141. The number of nitrogens with two attached hydrogens (primary N) is 6. The van der Waals surface area contributed by atoms with Gasteiger partial charge in [-0.15, -0.1) is 0 Å². The second-order valence-corrected chi connectivity index (χ2v) is 8.12. The van der Waals surface area contributed by atoms with Crippen molar-refractivity contribution in [2.75, 3.05) is 41.5 Å². The Hall–Kier alpha value is -4.69. The molecule has 0 spiro atoms. The van der Waals surface area contributed by atoms with Crippen LogP contribution in [0.5, 0.6) is 0 Å². The van der Waals surface area contributed by atoms with Gasteiger partial charge >= 0.3 is 11.9 Å². The number of aromatic carboxylic acids is 1. The minimum atomic E-state index is -4.44. The minimum Gasteiger partial charge on any atom is -0.478 e. The Kier molecular flexibility index (Phi) is 9.69. The summed E-state index contributed by atoms with van der Waals surface area (Å²) in [6.07, 6.45) is 0. The molecule has 0 bridgehead atoms. The maximum Gasteiger partial charge on any atom is 0.337 e. The van der Waals surface area contributed by atoms with Crippen LogP contribution >= 0.6 is 0 Å². The maximum absolute atomic E-state index is 10.9. The third-order valence-corrected chi connectivity index (χ3v) is 5.06. The average molecular weight is 507 g/mol. The molecule has 0 unspecified atom stereocenters. The summed E-state index contributed by atoms with van der Waals surface area (Å²) >= 11 is 0. The van der Waals surface area contributed by atoms with Gasteiger partial charge in [0.05, 0.1) is 41.0 Å². The molecule has 3 aromatic rings. The molecule has 14 N–H and O–H groups in total. The van der Waals surface area contributed by atoms with E-state index in [0.29, 0.717) is 16.9 Å². The highest BCUT2D eigenvalue weighted by atomic mass is 32.2. The molecule has 0 radical (unpaired) electrons. The Bertz CT molecular complexity index is 1330. The molecular weight excluding hydrogens is 480 g/mol. The van der Waals surface area contributed by atoms with Gasteiger partial charge in [-0.25, -0.2) is 9.59 Å². The lowest BCUT2D eigenvalue weighted by Crippen LogP contribution is -2.10. The zero-order chi connectivity index (χ0) is 26.9. The smallest absolute Gasteiger partial charge is 0.337 e. The number of carboxylic acid groups (broad SMARTS) is 1. The highest BCUT2D eigenvalue weighted by Crippen LogP contribution is 2.34. The minimum absolute atomic E-state index is 0.00472. The molecule has 3 rings (SSSR count). The van der Waals surface area contributed by atoms with Crippen molar-refractivity contribution in [3.05, 3.63) is 65.7 Å². The Morgan fingerprint density at radius 3 is 1.66 bits per heavy atom. The fourth-order valence-electron chi connectivity index (χ4n) is 2.40. The van der Waals surface area contributed by atoms with Crippen molar-refractivity contribution in [2.24, 2.45) is 0 Å². The van der Waals surface area contributed by atoms with Crippen molar-refractivity contribution in [3.63, 3.8) is 0 Å². The van der Waals surface area contributed by atoms with E-state index in [0.717, 1.165) is 6.07 Å². The number of rotatable bonds is 3. The maximum atomic E-state index is 10.9. The van der Waals surface area contributed by atoms with Gasteiger partial charge in [-0.1, -0.05) is 12.1 Å². The number of hydrogen-bond donors (Lipinski definition) is 8. The fraction of sp³-hybridized carbons (Fsp3) is 0.0476. The fourth-order valence-corrected chi connectivity index (χ4v) is 3.06. The SMILES string of the molecule is COC(=O)c1cccc(N)c1.Nc1cc(S(=O)(=O)O)c(N)c(N)c1N.Nc1cccc(C(=O)O)c1. The molecule has 13 nitrogen and oxygen atoms in total. The molecule has 0 aliphatic carbocycles. The highest BCUT2D eigenvalue weighted by Gasteiger charge is 2.19. The second-order valence-electron chi connectivity index (χ2n) is 6.73. The van der Waals surface area contributed by atoms with Gasteiger partial charge in [-0.2, -0.15) is 8.42 Å². The van der Waals surface area contributed by atoms with Crippen LogP contribution in [0, 0.1) is 0 Å². The molecule has 0 fully saturated rings. The summed E-state index contributed by atoms with van der Waals surface area (Å²) in [7, 11) is -3.10. The van der Waals surface area contributed by atoms with Crippen LogP contribution in [0.25, 0.3) is 0 Å². The molecule has 0 saturated heterocycles. The van der Waals surface area contributed by atoms with Gasteiger partial charge in [-0.3, -0.25) is 4.55 Å². The summed E-state index contributed by atoms with van der Waals surface area (Å²) in [5.41, 5.74) is 33.4. The van der Waals surface area contributed by atoms with E-state index < -0.39 is 21.0 Å². The van der Waals surface area contributed by atoms with Crippen LogP contribution in [0.2, 0.25) is 0 Å². The summed E-state index contributed by atoms with van der Waals surface area (Å²) in [5, 5.41) is 8.45. The van der Waals surface area contributed by atoms with Crippen molar-refractivity contribution >= 4 is 56.2 Å². The number of carbonyl (C=O) groups excluding carboxylic acids is 1. The number of esters is 1. The van der Waals surface area contributed by atoms with Crippen LogP contribution in [0.3, 0.4) is 0 Å². The lowest BCUT2D eigenvalue weighted by Gasteiger charge is -2.10. The first-order valence-electron chi connectivity index (χ1n) is 9.42. The van der Waals surface area contributed by atoms with E-state index in [1.807, 2.05) is 0 Å². The molecule has 0 aliphatic rings. The number of carbonyl (C=O) groups is 2. The first-order valence-corrected chi connectivity index (χ1v) is 10.9. The van der Waals surface area contributed by atoms with Gasteiger partial charge in [0, 0.05) is 11.4 Å². The Labute approximate surface area is 201 Å². The van der Waals surface area contributed by atoms with Crippen LogP contribution in [-0.2, 0) is 14.9 Å².